The molecule has 0 aliphatic rings. The van der Waals surface area contributed by atoms with E-state index in [-0.39, 0.29) is 0 Å². The molecule has 0 spiro atoms. The smallest absolute Gasteiger partial charge is 0.240 e. The molecule has 70 valence electrons. The van der Waals surface area contributed by atoms with Gasteiger partial charge in [0.2, 0.25) is 0 Å². The second-order valence-corrected chi connectivity index (χ2v) is 2.80. The Morgan fingerprint density at radius 2 is 1.92 bits per heavy atom. The van der Waals surface area contributed by atoms with Crippen molar-refractivity contribution in [3.63, 3.8) is 0 Å². The molecule has 1 heterocycles. The SMILES string of the molecule is CCC.FC(F)(F)c1cscn1. The highest BCUT2D eigenvalue weighted by Gasteiger charge is 2.32. The van der Waals surface area contributed by atoms with E-state index in [1.165, 1.54) is 6.42 Å². The van der Waals surface area contributed by atoms with Crippen molar-refractivity contribution in [1.82, 2.24) is 4.98 Å². The largest absolute Gasteiger partial charge is 0.434 e. The van der Waals surface area contributed by atoms with E-state index in [1.54, 1.807) is 0 Å². The molecule has 0 aliphatic heterocycles. The molecule has 0 amide bonds. The van der Waals surface area contributed by atoms with Crippen molar-refractivity contribution in [2.45, 2.75) is 26.4 Å². The number of halogens is 3. The molecule has 0 saturated carbocycles. The number of thiazole rings is 1. The summed E-state index contributed by atoms with van der Waals surface area (Å²) in [6.07, 6.45) is -3.03. The molecule has 0 radical (unpaired) electrons. The average Bonchev–Trinajstić information content (AvgIpc) is 2.36. The summed E-state index contributed by atoms with van der Waals surface area (Å²) in [5, 5.41) is 0.972. The minimum absolute atomic E-state index is 0.813. The summed E-state index contributed by atoms with van der Waals surface area (Å²) in [4.78, 5) is 3.08. The Balaban J connectivity index is 0.000000354. The number of rotatable bonds is 0. The molecule has 0 aromatic carbocycles. The average molecular weight is 197 g/mol. The Morgan fingerprint density at radius 3 is 2.08 bits per heavy atom. The molecule has 0 fully saturated rings. The van der Waals surface area contributed by atoms with E-state index in [0.717, 1.165) is 22.2 Å². The topological polar surface area (TPSA) is 12.9 Å². The summed E-state index contributed by atoms with van der Waals surface area (Å²) < 4.78 is 34.7. The van der Waals surface area contributed by atoms with E-state index in [0.29, 0.717) is 0 Å². The molecule has 12 heavy (non-hydrogen) atoms. The summed E-state index contributed by atoms with van der Waals surface area (Å²) >= 11 is 0.935. The number of hydrogen-bond acceptors (Lipinski definition) is 2. The highest BCUT2D eigenvalue weighted by molar-refractivity contribution is 7.07. The van der Waals surface area contributed by atoms with E-state index in [9.17, 15) is 13.2 Å². The van der Waals surface area contributed by atoms with Crippen LogP contribution in [-0.4, -0.2) is 4.98 Å². The second-order valence-electron chi connectivity index (χ2n) is 2.08. The van der Waals surface area contributed by atoms with Crippen LogP contribution in [0.3, 0.4) is 0 Å². The normalized spacial score (nSPS) is 10.4. The van der Waals surface area contributed by atoms with Gasteiger partial charge >= 0.3 is 6.18 Å². The molecule has 0 unspecified atom stereocenters. The third kappa shape index (κ3) is 4.33. The molecule has 1 aromatic heterocycles. The van der Waals surface area contributed by atoms with Gasteiger partial charge < -0.3 is 0 Å². The lowest BCUT2D eigenvalue weighted by molar-refractivity contribution is -0.140. The van der Waals surface area contributed by atoms with Crippen molar-refractivity contribution >= 4 is 11.3 Å². The predicted octanol–water partition coefficient (Wildman–Crippen LogP) is 3.58. The molecule has 0 saturated heterocycles. The van der Waals surface area contributed by atoms with E-state index in [2.05, 4.69) is 18.8 Å². The van der Waals surface area contributed by atoms with Crippen LogP contribution in [0.25, 0.3) is 0 Å². The first kappa shape index (κ1) is 11.4. The quantitative estimate of drug-likeness (QED) is 0.619. The zero-order valence-corrected chi connectivity index (χ0v) is 7.67. The first-order valence-electron chi connectivity index (χ1n) is 3.47. The molecule has 0 aliphatic carbocycles. The van der Waals surface area contributed by atoms with E-state index in [4.69, 9.17) is 0 Å². The van der Waals surface area contributed by atoms with Crippen LogP contribution in [0.2, 0.25) is 0 Å². The van der Waals surface area contributed by atoms with Gasteiger partial charge in [-0.25, -0.2) is 4.98 Å². The van der Waals surface area contributed by atoms with Gasteiger partial charge in [0.1, 0.15) is 0 Å². The van der Waals surface area contributed by atoms with Crippen LogP contribution in [0.4, 0.5) is 13.2 Å². The maximum Gasteiger partial charge on any atom is 0.434 e. The summed E-state index contributed by atoms with van der Waals surface area (Å²) in [5.41, 5.74) is 0.343. The fraction of sp³-hybridized carbons (Fsp3) is 0.571. The number of nitrogens with zero attached hydrogens (tertiary/aromatic N) is 1. The van der Waals surface area contributed by atoms with Gasteiger partial charge in [-0.05, 0) is 0 Å². The maximum atomic E-state index is 11.6. The van der Waals surface area contributed by atoms with Crippen LogP contribution in [0, 0.1) is 0 Å². The third-order valence-corrected chi connectivity index (χ3v) is 1.31. The molecule has 5 heteroatoms. The molecule has 0 bridgehead atoms. The Hall–Kier alpha value is -0.580. The van der Waals surface area contributed by atoms with E-state index >= 15 is 0 Å². The first-order valence-corrected chi connectivity index (χ1v) is 4.42. The third-order valence-electron chi connectivity index (χ3n) is 0.723. The van der Waals surface area contributed by atoms with E-state index < -0.39 is 11.9 Å². The van der Waals surface area contributed by atoms with Gasteiger partial charge in [0.05, 0.1) is 5.51 Å². The lowest BCUT2D eigenvalue weighted by atomic mass is 10.5. The lowest BCUT2D eigenvalue weighted by Gasteiger charge is -1.98. The Bertz CT molecular complexity index is 193. The number of alkyl halides is 3. The molecule has 0 atom stereocenters. The Labute approximate surface area is 73.3 Å². The molecule has 1 nitrogen and oxygen atoms in total. The van der Waals surface area contributed by atoms with Gasteiger partial charge in [-0.15, -0.1) is 11.3 Å². The van der Waals surface area contributed by atoms with Crippen molar-refractivity contribution in [3.05, 3.63) is 16.6 Å². The van der Waals surface area contributed by atoms with Gasteiger partial charge in [0.15, 0.2) is 5.69 Å². The van der Waals surface area contributed by atoms with Crippen molar-refractivity contribution in [1.29, 1.82) is 0 Å². The molecule has 1 rings (SSSR count). The lowest BCUT2D eigenvalue weighted by Crippen LogP contribution is -2.04. The predicted molar refractivity (Wildman–Crippen MR) is 43.1 cm³/mol. The molecular weight excluding hydrogens is 187 g/mol. The van der Waals surface area contributed by atoms with Crippen LogP contribution < -0.4 is 0 Å². The van der Waals surface area contributed by atoms with Crippen LogP contribution in [0.15, 0.2) is 10.9 Å². The van der Waals surface area contributed by atoms with Gasteiger partial charge in [-0.3, -0.25) is 0 Å². The maximum absolute atomic E-state index is 11.6. The Kier molecular flexibility index (Phi) is 4.89. The van der Waals surface area contributed by atoms with Crippen LogP contribution >= 0.6 is 11.3 Å². The summed E-state index contributed by atoms with van der Waals surface area (Å²) in [7, 11) is 0. The zero-order valence-electron chi connectivity index (χ0n) is 6.85. The Morgan fingerprint density at radius 1 is 1.42 bits per heavy atom. The first-order chi connectivity index (χ1) is 5.52. The van der Waals surface area contributed by atoms with E-state index in [1.807, 2.05) is 0 Å². The monoisotopic (exact) mass is 197 g/mol. The molecule has 0 N–H and O–H groups in total. The van der Waals surface area contributed by atoms with Gasteiger partial charge in [0, 0.05) is 5.38 Å². The highest BCUT2D eigenvalue weighted by Crippen LogP contribution is 2.28. The van der Waals surface area contributed by atoms with Gasteiger partial charge in [0.25, 0.3) is 0 Å². The van der Waals surface area contributed by atoms with Crippen molar-refractivity contribution in [2.75, 3.05) is 0 Å². The van der Waals surface area contributed by atoms with Crippen LogP contribution in [0.1, 0.15) is 26.0 Å². The van der Waals surface area contributed by atoms with Crippen molar-refractivity contribution in [2.24, 2.45) is 0 Å². The van der Waals surface area contributed by atoms with Crippen LogP contribution in [0.5, 0.6) is 0 Å². The second kappa shape index (κ2) is 5.13. The minimum Gasteiger partial charge on any atom is -0.240 e. The van der Waals surface area contributed by atoms with Crippen LogP contribution in [-0.2, 0) is 6.18 Å². The van der Waals surface area contributed by atoms with Gasteiger partial charge in [-0.2, -0.15) is 13.2 Å². The van der Waals surface area contributed by atoms with Gasteiger partial charge in [-0.1, -0.05) is 20.3 Å². The summed E-state index contributed by atoms with van der Waals surface area (Å²) in [5.74, 6) is 0. The highest BCUT2D eigenvalue weighted by atomic mass is 32.1. The fourth-order valence-electron chi connectivity index (χ4n) is 0.353. The fourth-order valence-corrected chi connectivity index (χ4v) is 0.911. The van der Waals surface area contributed by atoms with Crippen molar-refractivity contribution in [3.8, 4) is 0 Å². The van der Waals surface area contributed by atoms with Crippen molar-refractivity contribution < 1.29 is 13.2 Å². The molecular formula is C7H10F3NS. The summed E-state index contributed by atoms with van der Waals surface area (Å²) in [6, 6.07) is 0. The standard InChI is InChI=1S/C4H2F3NS.C3H8/c5-4(6,7)3-1-9-2-8-3;1-3-2/h1-2H;3H2,1-2H3. The minimum atomic E-state index is -4.28. The number of aromatic nitrogens is 1. The molecule has 1 aromatic rings. The number of hydrogen-bond donors (Lipinski definition) is 0. The summed E-state index contributed by atoms with van der Waals surface area (Å²) in [6.45, 7) is 4.25. The zero-order chi connectivity index (χ0) is 9.61.